The Morgan fingerprint density at radius 3 is 2.74 bits per heavy atom. The van der Waals surface area contributed by atoms with E-state index in [0.717, 1.165) is 17.4 Å². The van der Waals surface area contributed by atoms with E-state index in [1.807, 2.05) is 0 Å². The van der Waals surface area contributed by atoms with Crippen LogP contribution in [0.2, 0.25) is 5.02 Å². The SMILES string of the molecule is Cn1c(SCC(=O)Nc2cccc(F)c2)nc2c(sc(=S)n2-c2ccc(Cl)cc2)c1=O. The molecular weight excluding hydrogens is 479 g/mol. The summed E-state index contributed by atoms with van der Waals surface area (Å²) in [6.07, 6.45) is 0. The molecule has 158 valence electrons. The molecule has 4 aromatic rings. The minimum Gasteiger partial charge on any atom is -0.325 e. The van der Waals surface area contributed by atoms with Crippen LogP contribution in [-0.4, -0.2) is 25.8 Å². The van der Waals surface area contributed by atoms with Gasteiger partial charge in [0.1, 0.15) is 10.5 Å². The number of carbonyl (C=O) groups is 1. The second-order valence-electron chi connectivity index (χ2n) is 6.44. The zero-order chi connectivity index (χ0) is 22.1. The number of thiazole rings is 1. The van der Waals surface area contributed by atoms with Crippen LogP contribution in [0.15, 0.2) is 58.5 Å². The van der Waals surface area contributed by atoms with Crippen LogP contribution < -0.4 is 10.9 Å². The van der Waals surface area contributed by atoms with Gasteiger partial charge in [0.05, 0.1) is 5.75 Å². The quantitative estimate of drug-likeness (QED) is 0.240. The first-order valence-electron chi connectivity index (χ1n) is 8.90. The van der Waals surface area contributed by atoms with Gasteiger partial charge in [-0.15, -0.1) is 0 Å². The van der Waals surface area contributed by atoms with E-state index < -0.39 is 5.82 Å². The van der Waals surface area contributed by atoms with Gasteiger partial charge in [0.25, 0.3) is 5.56 Å². The van der Waals surface area contributed by atoms with Crippen molar-refractivity contribution in [2.75, 3.05) is 11.1 Å². The van der Waals surface area contributed by atoms with Crippen LogP contribution in [0.3, 0.4) is 0 Å². The number of rotatable bonds is 5. The van der Waals surface area contributed by atoms with Gasteiger partial charge < -0.3 is 5.32 Å². The van der Waals surface area contributed by atoms with Gasteiger partial charge in [-0.3, -0.25) is 18.7 Å². The van der Waals surface area contributed by atoms with E-state index in [4.69, 9.17) is 23.8 Å². The molecule has 2 aromatic carbocycles. The van der Waals surface area contributed by atoms with E-state index >= 15 is 0 Å². The fourth-order valence-electron chi connectivity index (χ4n) is 2.85. The third kappa shape index (κ3) is 4.57. The third-order valence-corrected chi connectivity index (χ3v) is 6.93. The highest BCUT2D eigenvalue weighted by Gasteiger charge is 2.17. The van der Waals surface area contributed by atoms with Crippen LogP contribution in [-0.2, 0) is 11.8 Å². The van der Waals surface area contributed by atoms with Crippen molar-refractivity contribution in [2.45, 2.75) is 5.16 Å². The highest BCUT2D eigenvalue weighted by atomic mass is 35.5. The largest absolute Gasteiger partial charge is 0.325 e. The summed E-state index contributed by atoms with van der Waals surface area (Å²) in [6.45, 7) is 0. The second-order valence-corrected chi connectivity index (χ2v) is 9.46. The van der Waals surface area contributed by atoms with Crippen molar-refractivity contribution in [1.29, 1.82) is 0 Å². The molecule has 0 unspecified atom stereocenters. The number of fused-ring (bicyclic) bond motifs is 1. The Morgan fingerprint density at radius 1 is 1.29 bits per heavy atom. The van der Waals surface area contributed by atoms with E-state index in [-0.39, 0.29) is 17.2 Å². The molecule has 0 bridgehead atoms. The summed E-state index contributed by atoms with van der Waals surface area (Å²) in [7, 11) is 1.59. The number of amides is 1. The number of aromatic nitrogens is 3. The molecule has 2 aromatic heterocycles. The van der Waals surface area contributed by atoms with Crippen molar-refractivity contribution < 1.29 is 9.18 Å². The lowest BCUT2D eigenvalue weighted by Crippen LogP contribution is -2.21. The smallest absolute Gasteiger partial charge is 0.273 e. The topological polar surface area (TPSA) is 68.9 Å². The number of anilines is 1. The normalized spacial score (nSPS) is 11.1. The molecule has 0 radical (unpaired) electrons. The maximum Gasteiger partial charge on any atom is 0.273 e. The van der Waals surface area contributed by atoms with Gasteiger partial charge in [-0.25, -0.2) is 9.37 Å². The lowest BCUT2D eigenvalue weighted by atomic mass is 10.3. The number of hydrogen-bond acceptors (Lipinski definition) is 6. The van der Waals surface area contributed by atoms with Gasteiger partial charge in [-0.1, -0.05) is 40.8 Å². The van der Waals surface area contributed by atoms with E-state index in [0.29, 0.717) is 30.2 Å². The molecule has 0 aliphatic rings. The molecule has 0 spiro atoms. The minimum atomic E-state index is -0.441. The highest BCUT2D eigenvalue weighted by molar-refractivity contribution is 7.99. The average molecular weight is 493 g/mol. The molecule has 0 saturated heterocycles. The van der Waals surface area contributed by atoms with Crippen LogP contribution in [0.1, 0.15) is 0 Å². The predicted molar refractivity (Wildman–Crippen MR) is 126 cm³/mol. The average Bonchev–Trinajstić information content (AvgIpc) is 3.06. The minimum absolute atomic E-state index is 0.00584. The molecule has 0 atom stereocenters. The Morgan fingerprint density at radius 2 is 2.03 bits per heavy atom. The zero-order valence-corrected chi connectivity index (χ0v) is 19.2. The maximum atomic E-state index is 13.3. The number of halogens is 2. The van der Waals surface area contributed by atoms with Crippen LogP contribution >= 0.6 is 46.9 Å². The summed E-state index contributed by atoms with van der Waals surface area (Å²) in [5.41, 5.74) is 1.27. The fourth-order valence-corrected chi connectivity index (χ4v) is 5.09. The summed E-state index contributed by atoms with van der Waals surface area (Å²) in [4.78, 5) is 29.8. The summed E-state index contributed by atoms with van der Waals surface area (Å²) in [6, 6.07) is 12.7. The van der Waals surface area contributed by atoms with Crippen molar-refractivity contribution >= 4 is 68.9 Å². The fraction of sp³-hybridized carbons (Fsp3) is 0.100. The van der Waals surface area contributed by atoms with Gasteiger partial charge in [0.15, 0.2) is 14.8 Å². The second kappa shape index (κ2) is 8.91. The van der Waals surface area contributed by atoms with Crippen LogP contribution in [0.5, 0.6) is 0 Å². The number of hydrogen-bond donors (Lipinski definition) is 1. The van der Waals surface area contributed by atoms with Gasteiger partial charge in [-0.05, 0) is 54.7 Å². The van der Waals surface area contributed by atoms with Gasteiger partial charge in [0.2, 0.25) is 5.91 Å². The Bertz CT molecular complexity index is 1410. The summed E-state index contributed by atoms with van der Waals surface area (Å²) >= 11 is 13.7. The lowest BCUT2D eigenvalue weighted by Gasteiger charge is -2.09. The highest BCUT2D eigenvalue weighted by Crippen LogP contribution is 2.26. The van der Waals surface area contributed by atoms with Crippen molar-refractivity contribution in [1.82, 2.24) is 14.1 Å². The Balaban J connectivity index is 1.65. The molecule has 2 heterocycles. The van der Waals surface area contributed by atoms with Crippen molar-refractivity contribution in [3.05, 3.63) is 73.7 Å². The Labute approximate surface area is 194 Å². The Hall–Kier alpha value is -2.53. The number of nitrogens with one attached hydrogen (secondary N) is 1. The molecule has 1 amide bonds. The number of carbonyl (C=O) groups excluding carboxylic acids is 1. The summed E-state index contributed by atoms with van der Waals surface area (Å²) in [5.74, 6) is -0.789. The number of thioether (sulfide) groups is 1. The van der Waals surface area contributed by atoms with E-state index in [1.54, 1.807) is 41.9 Å². The van der Waals surface area contributed by atoms with Crippen LogP contribution in [0, 0.1) is 9.77 Å². The summed E-state index contributed by atoms with van der Waals surface area (Å²) in [5, 5.41) is 3.57. The number of benzene rings is 2. The van der Waals surface area contributed by atoms with Gasteiger partial charge in [0, 0.05) is 23.4 Å². The standard InChI is InChI=1S/C20H14ClFN4O2S3/c1-25-18(28)16-17(26(20(29)31-16)14-7-5-11(21)6-8-14)24-19(25)30-10-15(27)23-13-4-2-3-12(22)9-13/h2-9H,10H2,1H3,(H,23,27). The first kappa shape index (κ1) is 21.7. The molecule has 0 saturated carbocycles. The van der Waals surface area contributed by atoms with Gasteiger partial charge >= 0.3 is 0 Å². The predicted octanol–water partition coefficient (Wildman–Crippen LogP) is 5.04. The molecule has 6 nitrogen and oxygen atoms in total. The molecule has 1 N–H and O–H groups in total. The Kier molecular flexibility index (Phi) is 6.24. The van der Waals surface area contributed by atoms with E-state index in [1.165, 1.54) is 34.1 Å². The monoisotopic (exact) mass is 492 g/mol. The van der Waals surface area contributed by atoms with Crippen molar-refractivity contribution in [3.63, 3.8) is 0 Å². The molecule has 0 fully saturated rings. The van der Waals surface area contributed by atoms with Crippen LogP contribution in [0.25, 0.3) is 16.0 Å². The van der Waals surface area contributed by atoms with E-state index in [9.17, 15) is 14.0 Å². The number of nitrogens with zero attached hydrogens (tertiary/aromatic N) is 3. The first-order valence-corrected chi connectivity index (χ1v) is 11.5. The maximum absolute atomic E-state index is 13.3. The van der Waals surface area contributed by atoms with Crippen molar-refractivity contribution in [2.24, 2.45) is 7.05 Å². The summed E-state index contributed by atoms with van der Waals surface area (Å²) < 4.78 is 17.3. The third-order valence-electron chi connectivity index (χ3n) is 4.30. The molecular formula is C20H14ClFN4O2S3. The van der Waals surface area contributed by atoms with Crippen LogP contribution in [0.4, 0.5) is 10.1 Å². The molecule has 0 aliphatic heterocycles. The zero-order valence-electron chi connectivity index (χ0n) is 16.0. The van der Waals surface area contributed by atoms with Crippen molar-refractivity contribution in [3.8, 4) is 5.69 Å². The van der Waals surface area contributed by atoms with Gasteiger partial charge in [-0.2, -0.15) is 0 Å². The molecule has 11 heteroatoms. The first-order chi connectivity index (χ1) is 14.8. The molecule has 4 rings (SSSR count). The van der Waals surface area contributed by atoms with E-state index in [2.05, 4.69) is 10.3 Å². The lowest BCUT2D eigenvalue weighted by molar-refractivity contribution is -0.113. The molecule has 0 aliphatic carbocycles. The molecule has 31 heavy (non-hydrogen) atoms.